The zero-order valence-corrected chi connectivity index (χ0v) is 20.1. The molecule has 2 amide bonds. The van der Waals surface area contributed by atoms with Crippen LogP contribution in [0.4, 0.5) is 5.82 Å². The molecule has 3 heterocycles. The number of carbonyl (C=O) groups excluding carboxylic acids is 2. The number of rotatable bonds is 8. The van der Waals surface area contributed by atoms with E-state index in [0.29, 0.717) is 31.3 Å². The smallest absolute Gasteiger partial charge is 0.270 e. The number of hydrogen-bond donors (Lipinski definition) is 3. The van der Waals surface area contributed by atoms with Crippen LogP contribution in [-0.2, 0) is 17.8 Å². The van der Waals surface area contributed by atoms with Crippen molar-refractivity contribution in [2.45, 2.75) is 51.8 Å². The lowest BCUT2D eigenvalue weighted by atomic mass is 10.00. The van der Waals surface area contributed by atoms with Crippen molar-refractivity contribution in [3.63, 3.8) is 0 Å². The molecule has 0 unspecified atom stereocenters. The number of fused-ring (bicyclic) bond motifs is 1. The van der Waals surface area contributed by atoms with E-state index < -0.39 is 6.10 Å². The number of likely N-dealkylation sites (tertiary alicyclic amines) is 1. The highest BCUT2D eigenvalue weighted by molar-refractivity contribution is 5.93. The molecule has 0 bridgehead atoms. The number of β-amino-alcohol motifs (C(OH)–C–C–N with tert-alkyl or cyclic N) is 1. The second-order valence-electron chi connectivity index (χ2n) is 9.53. The van der Waals surface area contributed by atoms with Gasteiger partial charge in [0.25, 0.3) is 5.91 Å². The summed E-state index contributed by atoms with van der Waals surface area (Å²) in [5.41, 5.74) is 2.93. The van der Waals surface area contributed by atoms with E-state index in [1.54, 1.807) is 17.9 Å². The van der Waals surface area contributed by atoms with Crippen LogP contribution in [0.1, 0.15) is 54.1 Å². The van der Waals surface area contributed by atoms with Gasteiger partial charge in [-0.3, -0.25) is 14.5 Å². The second kappa shape index (κ2) is 10.5. The SMILES string of the molecule is CC(=O)N1CC(Nc2cc(C(=O)NC[C@H](O)CN3CCc4ccccc4C3)nc(C(C)C)n2)C1. The number of anilines is 1. The van der Waals surface area contributed by atoms with Gasteiger partial charge in [0.05, 0.1) is 12.1 Å². The van der Waals surface area contributed by atoms with Crippen molar-refractivity contribution in [2.75, 3.05) is 38.0 Å². The molecule has 9 nitrogen and oxygen atoms in total. The van der Waals surface area contributed by atoms with Gasteiger partial charge in [-0.2, -0.15) is 0 Å². The quantitative estimate of drug-likeness (QED) is 0.539. The van der Waals surface area contributed by atoms with Gasteiger partial charge in [0, 0.05) is 58.2 Å². The van der Waals surface area contributed by atoms with Crippen molar-refractivity contribution < 1.29 is 14.7 Å². The molecule has 1 atom stereocenters. The summed E-state index contributed by atoms with van der Waals surface area (Å²) in [5, 5.41) is 16.7. The van der Waals surface area contributed by atoms with Crippen LogP contribution in [0.2, 0.25) is 0 Å². The largest absolute Gasteiger partial charge is 0.390 e. The van der Waals surface area contributed by atoms with Gasteiger partial charge in [0.2, 0.25) is 5.91 Å². The van der Waals surface area contributed by atoms with Gasteiger partial charge in [0.1, 0.15) is 17.3 Å². The summed E-state index contributed by atoms with van der Waals surface area (Å²) in [4.78, 5) is 37.2. The first-order valence-electron chi connectivity index (χ1n) is 11.9. The maximum Gasteiger partial charge on any atom is 0.270 e. The molecule has 1 aromatic carbocycles. The summed E-state index contributed by atoms with van der Waals surface area (Å²) in [6.07, 6.45) is 0.292. The number of aromatic nitrogens is 2. The predicted molar refractivity (Wildman–Crippen MR) is 130 cm³/mol. The lowest BCUT2D eigenvalue weighted by molar-refractivity contribution is -0.132. The van der Waals surface area contributed by atoms with Gasteiger partial charge < -0.3 is 20.6 Å². The monoisotopic (exact) mass is 466 g/mol. The first-order chi connectivity index (χ1) is 16.3. The average Bonchev–Trinajstić information content (AvgIpc) is 2.79. The van der Waals surface area contributed by atoms with Crippen molar-refractivity contribution >= 4 is 17.6 Å². The number of carbonyl (C=O) groups is 2. The fourth-order valence-electron chi connectivity index (χ4n) is 4.32. The average molecular weight is 467 g/mol. The number of nitrogens with zero attached hydrogens (tertiary/aromatic N) is 4. The van der Waals surface area contributed by atoms with Crippen molar-refractivity contribution in [3.05, 3.63) is 53.0 Å². The Hall–Kier alpha value is -3.04. The minimum atomic E-state index is -0.675. The van der Waals surface area contributed by atoms with Crippen LogP contribution >= 0.6 is 0 Å². The Labute approximate surface area is 200 Å². The Morgan fingerprint density at radius 2 is 1.91 bits per heavy atom. The van der Waals surface area contributed by atoms with Crippen molar-refractivity contribution in [1.82, 2.24) is 25.1 Å². The van der Waals surface area contributed by atoms with E-state index in [0.717, 1.165) is 19.5 Å². The molecule has 0 aliphatic carbocycles. The van der Waals surface area contributed by atoms with Gasteiger partial charge in [-0.1, -0.05) is 38.1 Å². The lowest BCUT2D eigenvalue weighted by Gasteiger charge is -2.39. The van der Waals surface area contributed by atoms with Crippen LogP contribution in [0.15, 0.2) is 30.3 Å². The molecule has 0 radical (unpaired) electrons. The van der Waals surface area contributed by atoms with E-state index in [1.807, 2.05) is 19.9 Å². The van der Waals surface area contributed by atoms with Crippen LogP contribution in [0.5, 0.6) is 0 Å². The third kappa shape index (κ3) is 5.90. The molecule has 1 saturated heterocycles. The zero-order valence-electron chi connectivity index (χ0n) is 20.1. The molecule has 34 heavy (non-hydrogen) atoms. The Morgan fingerprint density at radius 1 is 1.18 bits per heavy atom. The Kier molecular flexibility index (Phi) is 7.43. The van der Waals surface area contributed by atoms with Crippen LogP contribution in [0, 0.1) is 0 Å². The number of nitrogens with one attached hydrogen (secondary N) is 2. The third-order valence-corrected chi connectivity index (χ3v) is 6.35. The standard InChI is InChI=1S/C25H34N6O3/c1-16(2)24-28-22(10-23(29-24)27-20-13-31(14-20)17(3)32)25(34)26-11-21(33)15-30-9-8-18-6-4-5-7-19(18)12-30/h4-7,10,16,20-21,33H,8-9,11-15H2,1-3H3,(H,26,34)(H,27,28,29)/t21-/m0/s1. The van der Waals surface area contributed by atoms with E-state index in [1.165, 1.54) is 11.1 Å². The molecule has 3 N–H and O–H groups in total. The van der Waals surface area contributed by atoms with E-state index in [4.69, 9.17) is 0 Å². The maximum atomic E-state index is 12.8. The summed E-state index contributed by atoms with van der Waals surface area (Å²) in [7, 11) is 0. The van der Waals surface area contributed by atoms with E-state index in [-0.39, 0.29) is 36.0 Å². The molecule has 4 rings (SSSR count). The molecule has 2 aliphatic rings. The molecular formula is C25H34N6O3. The Balaban J connectivity index is 1.32. The fraction of sp³-hybridized carbons (Fsp3) is 0.520. The van der Waals surface area contributed by atoms with Gasteiger partial charge in [-0.25, -0.2) is 9.97 Å². The fourth-order valence-corrected chi connectivity index (χ4v) is 4.32. The number of aliphatic hydroxyl groups excluding tert-OH is 1. The molecule has 182 valence electrons. The van der Waals surface area contributed by atoms with Crippen molar-refractivity contribution in [2.24, 2.45) is 0 Å². The molecule has 0 saturated carbocycles. The minimum absolute atomic E-state index is 0.0518. The highest BCUT2D eigenvalue weighted by Gasteiger charge is 2.29. The Morgan fingerprint density at radius 3 is 2.62 bits per heavy atom. The summed E-state index contributed by atoms with van der Waals surface area (Å²) in [6.45, 7) is 9.08. The van der Waals surface area contributed by atoms with Crippen LogP contribution < -0.4 is 10.6 Å². The topological polar surface area (TPSA) is 111 Å². The zero-order chi connectivity index (χ0) is 24.2. The summed E-state index contributed by atoms with van der Waals surface area (Å²) in [5.74, 6) is 0.913. The third-order valence-electron chi connectivity index (χ3n) is 6.35. The molecule has 9 heteroatoms. The normalized spacial score (nSPS) is 17.1. The highest BCUT2D eigenvalue weighted by atomic mass is 16.3. The van der Waals surface area contributed by atoms with E-state index >= 15 is 0 Å². The van der Waals surface area contributed by atoms with Gasteiger partial charge in [-0.05, 0) is 17.5 Å². The molecule has 2 aromatic rings. The first kappa shape index (κ1) is 24.1. The van der Waals surface area contributed by atoms with Crippen LogP contribution in [0.3, 0.4) is 0 Å². The summed E-state index contributed by atoms with van der Waals surface area (Å²) < 4.78 is 0. The maximum absolute atomic E-state index is 12.8. The summed E-state index contributed by atoms with van der Waals surface area (Å²) >= 11 is 0. The van der Waals surface area contributed by atoms with Gasteiger partial charge in [-0.15, -0.1) is 0 Å². The van der Waals surface area contributed by atoms with Gasteiger partial charge >= 0.3 is 0 Å². The second-order valence-corrected chi connectivity index (χ2v) is 9.53. The molecular weight excluding hydrogens is 432 g/mol. The van der Waals surface area contributed by atoms with E-state index in [9.17, 15) is 14.7 Å². The molecule has 1 fully saturated rings. The van der Waals surface area contributed by atoms with E-state index in [2.05, 4.69) is 43.7 Å². The number of hydrogen-bond acceptors (Lipinski definition) is 7. The molecule has 2 aliphatic heterocycles. The van der Waals surface area contributed by atoms with Crippen molar-refractivity contribution in [1.29, 1.82) is 0 Å². The van der Waals surface area contributed by atoms with Crippen LogP contribution in [-0.4, -0.2) is 81.6 Å². The Bertz CT molecular complexity index is 1040. The lowest BCUT2D eigenvalue weighted by Crippen LogP contribution is -2.56. The molecule has 1 aromatic heterocycles. The number of benzene rings is 1. The number of amides is 2. The summed E-state index contributed by atoms with van der Waals surface area (Å²) in [6, 6.07) is 10.1. The first-order valence-corrected chi connectivity index (χ1v) is 11.9. The minimum Gasteiger partial charge on any atom is -0.390 e. The predicted octanol–water partition coefficient (Wildman–Crippen LogP) is 1.39. The molecule has 0 spiro atoms. The van der Waals surface area contributed by atoms with Gasteiger partial charge in [0.15, 0.2) is 0 Å². The number of aliphatic hydroxyl groups is 1. The highest BCUT2D eigenvalue weighted by Crippen LogP contribution is 2.19. The van der Waals surface area contributed by atoms with Crippen molar-refractivity contribution in [3.8, 4) is 0 Å². The van der Waals surface area contributed by atoms with Crippen LogP contribution in [0.25, 0.3) is 0 Å².